The summed E-state index contributed by atoms with van der Waals surface area (Å²) >= 11 is 8.44. The summed E-state index contributed by atoms with van der Waals surface area (Å²) < 4.78 is 1.28. The second kappa shape index (κ2) is 8.28. The fourth-order valence-electron chi connectivity index (χ4n) is 4.35. The van der Waals surface area contributed by atoms with Crippen LogP contribution >= 0.6 is 22.9 Å². The third-order valence-corrected chi connectivity index (χ3v) is 7.50. The second-order valence-corrected chi connectivity index (χ2v) is 9.22. The highest BCUT2D eigenvalue weighted by atomic mass is 35.5. The SMILES string of the molecule is O=C(CC[C@H]1CCCN(Cc2sc3ccccc3c2Cl)C1)N1CCCC1. The minimum Gasteiger partial charge on any atom is -0.343 e. The van der Waals surface area contributed by atoms with E-state index in [1.165, 1.54) is 40.6 Å². The van der Waals surface area contributed by atoms with Crippen LogP contribution in [0.2, 0.25) is 5.02 Å². The summed E-state index contributed by atoms with van der Waals surface area (Å²) in [6.45, 7) is 5.12. The smallest absolute Gasteiger partial charge is 0.222 e. The average molecular weight is 391 g/mol. The molecule has 2 aromatic rings. The van der Waals surface area contributed by atoms with Crippen molar-refractivity contribution in [3.8, 4) is 0 Å². The first-order chi connectivity index (χ1) is 12.7. The van der Waals surface area contributed by atoms with Crippen molar-refractivity contribution >= 4 is 38.9 Å². The molecule has 4 rings (SSSR count). The molecule has 2 saturated heterocycles. The molecule has 26 heavy (non-hydrogen) atoms. The van der Waals surface area contributed by atoms with Gasteiger partial charge >= 0.3 is 0 Å². The van der Waals surface area contributed by atoms with E-state index in [1.54, 1.807) is 0 Å². The van der Waals surface area contributed by atoms with E-state index in [9.17, 15) is 4.79 Å². The van der Waals surface area contributed by atoms with Crippen molar-refractivity contribution in [3.63, 3.8) is 0 Å². The highest BCUT2D eigenvalue weighted by molar-refractivity contribution is 7.19. The molecule has 2 aliphatic heterocycles. The van der Waals surface area contributed by atoms with Gasteiger partial charge in [-0.15, -0.1) is 11.3 Å². The maximum Gasteiger partial charge on any atom is 0.222 e. The first-order valence-corrected chi connectivity index (χ1v) is 11.1. The van der Waals surface area contributed by atoms with E-state index in [0.717, 1.165) is 50.6 Å². The van der Waals surface area contributed by atoms with Gasteiger partial charge in [-0.2, -0.15) is 0 Å². The lowest BCUT2D eigenvalue weighted by Gasteiger charge is -2.32. The van der Waals surface area contributed by atoms with Gasteiger partial charge in [-0.25, -0.2) is 0 Å². The Morgan fingerprint density at radius 2 is 1.96 bits per heavy atom. The zero-order valence-electron chi connectivity index (χ0n) is 15.3. The predicted octanol–water partition coefficient (Wildman–Crippen LogP) is 5.17. The highest BCUT2D eigenvalue weighted by Gasteiger charge is 2.24. The molecule has 0 N–H and O–H groups in total. The zero-order valence-corrected chi connectivity index (χ0v) is 16.8. The topological polar surface area (TPSA) is 23.6 Å². The number of halogens is 1. The maximum absolute atomic E-state index is 12.3. The van der Waals surface area contributed by atoms with Gasteiger partial charge in [0.2, 0.25) is 5.91 Å². The summed E-state index contributed by atoms with van der Waals surface area (Å²) in [5.74, 6) is 1.01. The second-order valence-electron chi connectivity index (χ2n) is 7.71. The molecule has 0 saturated carbocycles. The van der Waals surface area contributed by atoms with E-state index in [4.69, 9.17) is 11.6 Å². The lowest BCUT2D eigenvalue weighted by atomic mass is 9.93. The van der Waals surface area contributed by atoms with Gasteiger partial charge in [-0.05, 0) is 50.6 Å². The Labute approximate surface area is 164 Å². The molecule has 2 aliphatic rings. The molecule has 1 aromatic heterocycles. The Morgan fingerprint density at radius 3 is 2.77 bits per heavy atom. The molecular formula is C21H27ClN2OS. The van der Waals surface area contributed by atoms with Crippen molar-refractivity contribution in [1.29, 1.82) is 0 Å². The first kappa shape index (κ1) is 18.3. The molecule has 2 fully saturated rings. The number of hydrogen-bond acceptors (Lipinski definition) is 3. The molecule has 0 radical (unpaired) electrons. The summed E-state index contributed by atoms with van der Waals surface area (Å²) in [5, 5.41) is 2.11. The van der Waals surface area contributed by atoms with Gasteiger partial charge in [-0.1, -0.05) is 29.8 Å². The van der Waals surface area contributed by atoms with E-state index < -0.39 is 0 Å². The normalized spacial score (nSPS) is 21.6. The Bertz CT molecular complexity index is 768. The van der Waals surface area contributed by atoms with Gasteiger partial charge in [0.15, 0.2) is 0 Å². The van der Waals surface area contributed by atoms with Crippen LogP contribution in [0.25, 0.3) is 10.1 Å². The quantitative estimate of drug-likeness (QED) is 0.703. The van der Waals surface area contributed by atoms with E-state index in [1.807, 2.05) is 11.3 Å². The van der Waals surface area contributed by atoms with Gasteiger partial charge < -0.3 is 4.90 Å². The number of nitrogens with zero attached hydrogens (tertiary/aromatic N) is 2. The molecule has 0 spiro atoms. The number of carbonyl (C=O) groups is 1. The monoisotopic (exact) mass is 390 g/mol. The first-order valence-electron chi connectivity index (χ1n) is 9.87. The van der Waals surface area contributed by atoms with Crippen molar-refractivity contribution in [1.82, 2.24) is 9.80 Å². The van der Waals surface area contributed by atoms with Crippen LogP contribution < -0.4 is 0 Å². The number of benzene rings is 1. The van der Waals surface area contributed by atoms with Crippen LogP contribution in [-0.2, 0) is 11.3 Å². The number of carbonyl (C=O) groups excluding carboxylic acids is 1. The van der Waals surface area contributed by atoms with Crippen LogP contribution in [0.4, 0.5) is 0 Å². The molecule has 140 valence electrons. The minimum atomic E-state index is 0.368. The Kier molecular flexibility index (Phi) is 5.82. The summed E-state index contributed by atoms with van der Waals surface area (Å²) in [4.78, 5) is 18.2. The van der Waals surface area contributed by atoms with Crippen LogP contribution in [0.15, 0.2) is 24.3 Å². The number of likely N-dealkylation sites (tertiary alicyclic amines) is 2. The molecule has 1 amide bonds. The molecule has 1 aromatic carbocycles. The summed E-state index contributed by atoms with van der Waals surface area (Å²) in [6, 6.07) is 8.39. The number of hydrogen-bond donors (Lipinski definition) is 0. The molecule has 3 nitrogen and oxygen atoms in total. The van der Waals surface area contributed by atoms with E-state index in [-0.39, 0.29) is 0 Å². The van der Waals surface area contributed by atoms with Gasteiger partial charge in [0.25, 0.3) is 0 Å². The van der Waals surface area contributed by atoms with Crippen molar-refractivity contribution < 1.29 is 4.79 Å². The Balaban J connectivity index is 1.33. The fourth-order valence-corrected chi connectivity index (χ4v) is 5.89. The van der Waals surface area contributed by atoms with Gasteiger partial charge in [-0.3, -0.25) is 9.69 Å². The molecular weight excluding hydrogens is 364 g/mol. The van der Waals surface area contributed by atoms with Gasteiger partial charge in [0.1, 0.15) is 0 Å². The molecule has 3 heterocycles. The summed E-state index contributed by atoms with van der Waals surface area (Å²) in [7, 11) is 0. The van der Waals surface area contributed by atoms with Crippen molar-refractivity contribution in [2.24, 2.45) is 5.92 Å². The summed E-state index contributed by atoms with van der Waals surface area (Å²) in [6.07, 6.45) is 6.60. The number of rotatable bonds is 5. The average Bonchev–Trinajstić information content (AvgIpc) is 3.30. The van der Waals surface area contributed by atoms with Crippen LogP contribution in [0, 0.1) is 5.92 Å². The molecule has 5 heteroatoms. The fraction of sp³-hybridized carbons (Fsp3) is 0.571. The Morgan fingerprint density at radius 1 is 1.15 bits per heavy atom. The molecule has 0 unspecified atom stereocenters. The van der Waals surface area contributed by atoms with E-state index >= 15 is 0 Å². The largest absolute Gasteiger partial charge is 0.343 e. The van der Waals surface area contributed by atoms with Crippen LogP contribution in [0.3, 0.4) is 0 Å². The van der Waals surface area contributed by atoms with Gasteiger partial charge in [0, 0.05) is 47.6 Å². The lowest BCUT2D eigenvalue weighted by Crippen LogP contribution is -2.35. The molecule has 1 atom stereocenters. The number of amides is 1. The van der Waals surface area contributed by atoms with Crippen molar-refractivity contribution in [2.75, 3.05) is 26.2 Å². The Hall–Kier alpha value is -1.10. The lowest BCUT2D eigenvalue weighted by molar-refractivity contribution is -0.130. The third kappa shape index (κ3) is 4.08. The van der Waals surface area contributed by atoms with Crippen LogP contribution in [0.1, 0.15) is 43.4 Å². The van der Waals surface area contributed by atoms with E-state index in [0.29, 0.717) is 11.8 Å². The predicted molar refractivity (Wildman–Crippen MR) is 110 cm³/mol. The number of piperidine rings is 1. The molecule has 0 aliphatic carbocycles. The maximum atomic E-state index is 12.3. The van der Waals surface area contributed by atoms with Crippen LogP contribution in [0.5, 0.6) is 0 Å². The third-order valence-electron chi connectivity index (χ3n) is 5.80. The van der Waals surface area contributed by atoms with E-state index in [2.05, 4.69) is 34.1 Å². The zero-order chi connectivity index (χ0) is 17.9. The van der Waals surface area contributed by atoms with Crippen molar-refractivity contribution in [3.05, 3.63) is 34.2 Å². The summed E-state index contributed by atoms with van der Waals surface area (Å²) in [5.41, 5.74) is 0. The van der Waals surface area contributed by atoms with Crippen LogP contribution in [-0.4, -0.2) is 41.9 Å². The standard InChI is InChI=1S/C21H27ClN2OS/c22-21-17-7-1-2-8-18(17)26-19(21)15-23-11-5-6-16(14-23)9-10-20(25)24-12-3-4-13-24/h1-2,7-8,16H,3-6,9-15H2/t16-/m1/s1. The number of thiophene rings is 1. The number of fused-ring (bicyclic) bond motifs is 1. The van der Waals surface area contributed by atoms with Gasteiger partial charge in [0.05, 0.1) is 5.02 Å². The highest BCUT2D eigenvalue weighted by Crippen LogP contribution is 2.36. The molecule has 0 bridgehead atoms. The minimum absolute atomic E-state index is 0.368. The van der Waals surface area contributed by atoms with Crippen molar-refractivity contribution in [2.45, 2.75) is 45.1 Å².